The van der Waals surface area contributed by atoms with Crippen molar-refractivity contribution < 1.29 is 0 Å². The van der Waals surface area contributed by atoms with Crippen LogP contribution in [0.4, 0.5) is 0 Å². The number of thiophene rings is 1. The van der Waals surface area contributed by atoms with E-state index in [-0.39, 0.29) is 0 Å². The highest BCUT2D eigenvalue weighted by molar-refractivity contribution is 7.29. The van der Waals surface area contributed by atoms with Gasteiger partial charge in [0.1, 0.15) is 9.84 Å². The van der Waals surface area contributed by atoms with Crippen LogP contribution >= 0.6 is 22.7 Å². The normalized spacial score (nSPS) is 18.8. The van der Waals surface area contributed by atoms with Gasteiger partial charge in [-0.1, -0.05) is 97.1 Å². The predicted octanol–water partition coefficient (Wildman–Crippen LogP) is 7.21. The predicted molar refractivity (Wildman–Crippen MR) is 116 cm³/mol. The molecule has 1 aliphatic rings. The van der Waals surface area contributed by atoms with Crippen LogP contribution < -0.4 is 0 Å². The van der Waals surface area contributed by atoms with Crippen molar-refractivity contribution in [3.63, 3.8) is 0 Å². The zero-order valence-electron chi connectivity index (χ0n) is 14.1. The standard InChI is InChI=1S/C23H17NS2/c1-2-5-9-13-18(14-10-6-3-1)20-17-21-23(25-20)24-22(26-21)19-15-11-7-4-8-12-16-19/h1-17H/b2-1?,3-1?,5-2?,6-3?,7-4-,8-4?,9-5?,10-6?,11-7?,12-8-,13-9?,14-10?,15-11-,16-12?,18-13?,18-14?,19-15?,19-16+. The molecule has 2 heterocycles. The van der Waals surface area contributed by atoms with E-state index in [1.165, 1.54) is 15.1 Å². The molecule has 0 aliphatic heterocycles. The Hall–Kier alpha value is -2.75. The molecule has 1 nitrogen and oxygen atoms in total. The van der Waals surface area contributed by atoms with E-state index < -0.39 is 0 Å². The molecule has 0 amide bonds. The van der Waals surface area contributed by atoms with Crippen LogP contribution in [0.3, 0.4) is 0 Å². The summed E-state index contributed by atoms with van der Waals surface area (Å²) in [5.74, 6) is 0. The van der Waals surface area contributed by atoms with Gasteiger partial charge in [0.2, 0.25) is 0 Å². The Bertz CT molecular complexity index is 1040. The molecule has 0 saturated heterocycles. The lowest BCUT2D eigenvalue weighted by atomic mass is 10.2. The fourth-order valence-electron chi connectivity index (χ4n) is 2.57. The maximum atomic E-state index is 4.86. The molecular weight excluding hydrogens is 354 g/mol. The summed E-state index contributed by atoms with van der Waals surface area (Å²) in [5.41, 5.74) is 2.36. The fourth-order valence-corrected chi connectivity index (χ4v) is 4.80. The quantitative estimate of drug-likeness (QED) is 0.463. The Kier molecular flexibility index (Phi) is 5.19. The molecule has 0 spiro atoms. The van der Waals surface area contributed by atoms with Crippen molar-refractivity contribution in [1.29, 1.82) is 0 Å². The number of allylic oxidation sites excluding steroid dienone is 8. The maximum Gasteiger partial charge on any atom is 0.135 e. The first-order chi connectivity index (χ1) is 12.9. The van der Waals surface area contributed by atoms with Gasteiger partial charge in [0.15, 0.2) is 0 Å². The van der Waals surface area contributed by atoms with Gasteiger partial charge in [0.05, 0.1) is 4.70 Å². The number of hydrogen-bond acceptors (Lipinski definition) is 3. The van der Waals surface area contributed by atoms with Gasteiger partial charge in [-0.3, -0.25) is 0 Å². The summed E-state index contributed by atoms with van der Waals surface area (Å²) in [5, 5.41) is 1.07. The highest BCUT2D eigenvalue weighted by Gasteiger charge is 2.11. The second-order valence-electron chi connectivity index (χ2n) is 5.69. The van der Waals surface area contributed by atoms with Crippen LogP contribution in [0.25, 0.3) is 25.5 Å². The Morgan fingerprint density at radius 2 is 1.38 bits per heavy atom. The molecule has 4 rings (SSSR count). The lowest BCUT2D eigenvalue weighted by molar-refractivity contribution is 1.47. The summed E-state index contributed by atoms with van der Waals surface area (Å²) in [7, 11) is 0. The third-order valence-corrected chi connectivity index (χ3v) is 6.09. The molecule has 3 heteroatoms. The minimum Gasteiger partial charge on any atom is -0.225 e. The Morgan fingerprint density at radius 3 is 2.15 bits per heavy atom. The van der Waals surface area contributed by atoms with Gasteiger partial charge in [-0.15, -0.1) is 22.7 Å². The molecule has 0 radical (unpaired) electrons. The fraction of sp³-hybridized carbons (Fsp3) is 0. The number of aromatic nitrogens is 1. The third kappa shape index (κ3) is 3.90. The Labute approximate surface area is 161 Å². The highest BCUT2D eigenvalue weighted by atomic mass is 32.1. The molecule has 3 aromatic rings. The summed E-state index contributed by atoms with van der Waals surface area (Å²) in [6.45, 7) is 0. The second-order valence-corrected chi connectivity index (χ2v) is 7.75. The topological polar surface area (TPSA) is 12.9 Å². The summed E-state index contributed by atoms with van der Waals surface area (Å²) < 4.78 is 1.24. The monoisotopic (exact) mass is 371 g/mol. The number of thiazole rings is 1. The van der Waals surface area contributed by atoms with Crippen molar-refractivity contribution in [2.24, 2.45) is 0 Å². The highest BCUT2D eigenvalue weighted by Crippen LogP contribution is 2.38. The first-order valence-corrected chi connectivity index (χ1v) is 10.0. The molecule has 26 heavy (non-hydrogen) atoms. The second kappa shape index (κ2) is 8.09. The number of rotatable bonds is 2. The van der Waals surface area contributed by atoms with E-state index in [1.54, 1.807) is 22.7 Å². The van der Waals surface area contributed by atoms with Crippen molar-refractivity contribution >= 4 is 37.8 Å². The van der Waals surface area contributed by atoms with Crippen LogP contribution in [-0.2, 0) is 0 Å². The van der Waals surface area contributed by atoms with Crippen LogP contribution in [0.1, 0.15) is 5.01 Å². The number of hydrogen-bond donors (Lipinski definition) is 0. The summed E-state index contributed by atoms with van der Waals surface area (Å²) in [6.07, 6.45) is 14.4. The average Bonchev–Trinajstić information content (AvgIpc) is 3.18. The molecule has 126 valence electrons. The van der Waals surface area contributed by atoms with Gasteiger partial charge in [0, 0.05) is 10.5 Å². The van der Waals surface area contributed by atoms with Crippen molar-refractivity contribution in [3.05, 3.63) is 108 Å². The minimum absolute atomic E-state index is 1.07. The van der Waals surface area contributed by atoms with E-state index in [2.05, 4.69) is 54.6 Å². The van der Waals surface area contributed by atoms with E-state index in [0.717, 1.165) is 15.4 Å². The summed E-state index contributed by atoms with van der Waals surface area (Å²) >= 11 is 3.50. The Morgan fingerprint density at radius 1 is 0.692 bits per heavy atom. The zero-order chi connectivity index (χ0) is 17.6. The first-order valence-electron chi connectivity index (χ1n) is 8.41. The van der Waals surface area contributed by atoms with Crippen LogP contribution in [0.15, 0.2) is 103 Å². The molecule has 1 aromatic carbocycles. The van der Waals surface area contributed by atoms with Gasteiger partial charge < -0.3 is 0 Å². The van der Waals surface area contributed by atoms with E-state index in [1.807, 2.05) is 48.6 Å². The van der Waals surface area contributed by atoms with Gasteiger partial charge in [-0.25, -0.2) is 4.98 Å². The van der Waals surface area contributed by atoms with Crippen molar-refractivity contribution in [2.75, 3.05) is 0 Å². The maximum absolute atomic E-state index is 4.86. The SMILES string of the molecule is C1=C\C=C/C(c2nc3sc(-c4ccccccccc4)cc3s2)=C\C=C/1. The molecule has 0 N–H and O–H groups in total. The average molecular weight is 372 g/mol. The van der Waals surface area contributed by atoms with Gasteiger partial charge in [-0.2, -0.15) is 0 Å². The molecule has 0 fully saturated rings. The molecule has 2 aromatic heterocycles. The van der Waals surface area contributed by atoms with Crippen LogP contribution in [-0.4, -0.2) is 4.98 Å². The molecule has 0 unspecified atom stereocenters. The molecule has 1 aliphatic carbocycles. The molecule has 0 bridgehead atoms. The van der Waals surface area contributed by atoms with Crippen LogP contribution in [0.5, 0.6) is 0 Å². The lowest BCUT2D eigenvalue weighted by Gasteiger charge is -1.96. The largest absolute Gasteiger partial charge is 0.225 e. The lowest BCUT2D eigenvalue weighted by Crippen LogP contribution is -1.78. The van der Waals surface area contributed by atoms with E-state index in [0.29, 0.717) is 0 Å². The molecule has 0 saturated carbocycles. The van der Waals surface area contributed by atoms with Crippen LogP contribution in [0.2, 0.25) is 0 Å². The summed E-state index contributed by atoms with van der Waals surface area (Å²) in [4.78, 5) is 7.21. The van der Waals surface area contributed by atoms with E-state index >= 15 is 0 Å². The Balaban J connectivity index is 1.71. The number of fused-ring (bicyclic) bond motifs is 1. The zero-order valence-corrected chi connectivity index (χ0v) is 15.7. The van der Waals surface area contributed by atoms with Crippen LogP contribution in [0, 0.1) is 0 Å². The smallest absolute Gasteiger partial charge is 0.135 e. The number of nitrogens with zero attached hydrogens (tertiary/aromatic N) is 1. The molecular formula is C23H17NS2. The van der Waals surface area contributed by atoms with Crippen molar-refractivity contribution in [1.82, 2.24) is 4.98 Å². The van der Waals surface area contributed by atoms with E-state index in [4.69, 9.17) is 4.98 Å². The third-order valence-electron chi connectivity index (χ3n) is 3.84. The van der Waals surface area contributed by atoms with Gasteiger partial charge >= 0.3 is 0 Å². The van der Waals surface area contributed by atoms with Crippen molar-refractivity contribution in [3.8, 4) is 10.4 Å². The van der Waals surface area contributed by atoms with Gasteiger partial charge in [-0.05, 0) is 11.6 Å². The minimum atomic E-state index is 1.07. The van der Waals surface area contributed by atoms with Crippen molar-refractivity contribution in [2.45, 2.75) is 0 Å². The first kappa shape index (κ1) is 16.7. The van der Waals surface area contributed by atoms with Gasteiger partial charge in [0.25, 0.3) is 0 Å². The molecule has 0 atom stereocenters. The van der Waals surface area contributed by atoms with E-state index in [9.17, 15) is 0 Å². The summed E-state index contributed by atoms with van der Waals surface area (Å²) in [6, 6.07) is 20.9.